The van der Waals surface area contributed by atoms with Crippen molar-refractivity contribution in [3.8, 4) is 11.3 Å². The van der Waals surface area contributed by atoms with E-state index in [1.807, 2.05) is 6.92 Å². The van der Waals surface area contributed by atoms with Gasteiger partial charge in [-0.25, -0.2) is 14.4 Å². The van der Waals surface area contributed by atoms with E-state index in [4.69, 9.17) is 0 Å². The Labute approximate surface area is 114 Å². The van der Waals surface area contributed by atoms with Crippen molar-refractivity contribution in [2.75, 3.05) is 12.4 Å². The molecule has 0 unspecified atom stereocenters. The number of aromatic nitrogens is 2. The van der Waals surface area contributed by atoms with Crippen LogP contribution >= 0.6 is 15.9 Å². The average Bonchev–Trinajstić information content (AvgIpc) is 2.41. The highest BCUT2D eigenvalue weighted by Crippen LogP contribution is 2.27. The topological polar surface area (TPSA) is 37.8 Å². The van der Waals surface area contributed by atoms with Gasteiger partial charge in [0.2, 0.25) is 0 Å². The number of anilines is 1. The van der Waals surface area contributed by atoms with Crippen LogP contribution in [0.2, 0.25) is 0 Å². The molecule has 0 aliphatic rings. The normalized spacial score (nSPS) is 10.4. The zero-order valence-corrected chi connectivity index (χ0v) is 11.8. The molecule has 1 aromatic carbocycles. The molecule has 0 aliphatic heterocycles. The van der Waals surface area contributed by atoms with Crippen molar-refractivity contribution >= 4 is 21.7 Å². The summed E-state index contributed by atoms with van der Waals surface area (Å²) in [6, 6.07) is 6.90. The monoisotopic (exact) mass is 309 g/mol. The minimum Gasteiger partial charge on any atom is -0.373 e. The van der Waals surface area contributed by atoms with Crippen LogP contribution in [0.4, 0.5) is 10.2 Å². The van der Waals surface area contributed by atoms with E-state index in [0.717, 1.165) is 0 Å². The summed E-state index contributed by atoms with van der Waals surface area (Å²) in [4.78, 5) is 8.65. The number of benzene rings is 1. The Morgan fingerprint density at radius 1 is 1.33 bits per heavy atom. The summed E-state index contributed by atoms with van der Waals surface area (Å²) >= 11 is 3.18. The fourth-order valence-electron chi connectivity index (χ4n) is 1.62. The molecule has 0 aliphatic carbocycles. The Kier molecular flexibility index (Phi) is 3.91. The Morgan fingerprint density at radius 3 is 2.78 bits per heavy atom. The van der Waals surface area contributed by atoms with Crippen LogP contribution in [0.5, 0.6) is 0 Å². The van der Waals surface area contributed by atoms with Crippen LogP contribution in [0.25, 0.3) is 11.3 Å². The number of aryl methyl sites for hydroxylation is 1. The maximum Gasteiger partial charge on any atom is 0.146 e. The van der Waals surface area contributed by atoms with Crippen molar-refractivity contribution in [2.45, 2.75) is 13.3 Å². The molecule has 94 valence electrons. The van der Waals surface area contributed by atoms with Gasteiger partial charge in [-0.1, -0.05) is 13.0 Å². The highest BCUT2D eigenvalue weighted by atomic mass is 79.9. The fourth-order valence-corrected chi connectivity index (χ4v) is 1.99. The van der Waals surface area contributed by atoms with Crippen LogP contribution in [0.1, 0.15) is 12.7 Å². The van der Waals surface area contributed by atoms with E-state index in [1.54, 1.807) is 31.3 Å². The zero-order chi connectivity index (χ0) is 13.1. The van der Waals surface area contributed by atoms with E-state index >= 15 is 0 Å². The van der Waals surface area contributed by atoms with Gasteiger partial charge >= 0.3 is 0 Å². The molecule has 2 rings (SSSR count). The lowest BCUT2D eigenvalue weighted by Crippen LogP contribution is -2.01. The number of halogens is 2. The summed E-state index contributed by atoms with van der Waals surface area (Å²) in [7, 11) is 1.78. The van der Waals surface area contributed by atoms with Crippen LogP contribution in [0.3, 0.4) is 0 Å². The molecule has 0 saturated carbocycles. The largest absolute Gasteiger partial charge is 0.373 e. The van der Waals surface area contributed by atoms with E-state index < -0.39 is 0 Å². The molecule has 18 heavy (non-hydrogen) atoms. The summed E-state index contributed by atoms with van der Waals surface area (Å²) < 4.78 is 14.5. The van der Waals surface area contributed by atoms with Crippen LogP contribution in [0, 0.1) is 5.82 Å². The molecule has 3 nitrogen and oxygen atoms in total. The van der Waals surface area contributed by atoms with Crippen LogP contribution in [0.15, 0.2) is 28.7 Å². The minimum absolute atomic E-state index is 0.305. The van der Waals surface area contributed by atoms with E-state index in [2.05, 4.69) is 31.2 Å². The van der Waals surface area contributed by atoms with Gasteiger partial charge in [-0.15, -0.1) is 0 Å². The number of nitrogens with zero attached hydrogens (tertiary/aromatic N) is 2. The van der Waals surface area contributed by atoms with E-state index in [9.17, 15) is 4.39 Å². The predicted octanol–water partition coefficient (Wildman–Crippen LogP) is 3.65. The Hall–Kier alpha value is -1.49. The van der Waals surface area contributed by atoms with Crippen molar-refractivity contribution in [3.05, 3.63) is 40.4 Å². The quantitative estimate of drug-likeness (QED) is 0.940. The van der Waals surface area contributed by atoms with Gasteiger partial charge in [0, 0.05) is 25.1 Å². The molecule has 1 aromatic heterocycles. The summed E-state index contributed by atoms with van der Waals surface area (Å²) in [6.07, 6.45) is 0.706. The maximum atomic E-state index is 14.0. The second-order valence-corrected chi connectivity index (χ2v) is 4.61. The second-order valence-electron chi connectivity index (χ2n) is 3.76. The Morgan fingerprint density at radius 2 is 2.11 bits per heavy atom. The van der Waals surface area contributed by atoms with Crippen molar-refractivity contribution in [1.82, 2.24) is 9.97 Å². The molecule has 0 atom stereocenters. The molecular formula is C13H13BrFN3. The minimum atomic E-state index is -0.305. The SMILES string of the molecule is CCc1nc(NC)cc(-c2cccc(Br)c2F)n1. The van der Waals surface area contributed by atoms with Gasteiger partial charge in [0.05, 0.1) is 10.2 Å². The maximum absolute atomic E-state index is 14.0. The fraction of sp³-hybridized carbons (Fsp3) is 0.231. The molecule has 1 N–H and O–H groups in total. The third-order valence-corrected chi connectivity index (χ3v) is 3.18. The van der Waals surface area contributed by atoms with Gasteiger partial charge in [0.1, 0.15) is 17.5 Å². The first-order valence-corrected chi connectivity index (χ1v) is 6.45. The summed E-state index contributed by atoms with van der Waals surface area (Å²) in [5.74, 6) is 1.08. The first kappa shape index (κ1) is 13.0. The van der Waals surface area contributed by atoms with Gasteiger partial charge in [-0.3, -0.25) is 0 Å². The smallest absolute Gasteiger partial charge is 0.146 e. The van der Waals surface area contributed by atoms with Gasteiger partial charge in [-0.05, 0) is 28.1 Å². The number of hydrogen-bond donors (Lipinski definition) is 1. The molecule has 2 aromatic rings. The summed E-state index contributed by atoms with van der Waals surface area (Å²) in [5.41, 5.74) is 1.06. The van der Waals surface area contributed by atoms with E-state index in [0.29, 0.717) is 33.8 Å². The van der Waals surface area contributed by atoms with E-state index in [-0.39, 0.29) is 5.82 Å². The molecule has 0 saturated heterocycles. The lowest BCUT2D eigenvalue weighted by Gasteiger charge is -2.08. The number of hydrogen-bond acceptors (Lipinski definition) is 3. The Balaban J connectivity index is 2.59. The van der Waals surface area contributed by atoms with Gasteiger partial charge in [0.15, 0.2) is 0 Å². The van der Waals surface area contributed by atoms with Crippen molar-refractivity contribution in [2.24, 2.45) is 0 Å². The molecule has 0 bridgehead atoms. The average molecular weight is 310 g/mol. The van der Waals surface area contributed by atoms with Crippen molar-refractivity contribution in [3.63, 3.8) is 0 Å². The molecule has 0 radical (unpaired) electrons. The molecule has 5 heteroatoms. The zero-order valence-electron chi connectivity index (χ0n) is 10.2. The third kappa shape index (κ3) is 2.51. The van der Waals surface area contributed by atoms with Crippen LogP contribution in [-0.4, -0.2) is 17.0 Å². The van der Waals surface area contributed by atoms with Crippen molar-refractivity contribution in [1.29, 1.82) is 0 Å². The van der Waals surface area contributed by atoms with Crippen molar-refractivity contribution < 1.29 is 4.39 Å². The number of rotatable bonds is 3. The first-order valence-electron chi connectivity index (χ1n) is 5.65. The lowest BCUT2D eigenvalue weighted by molar-refractivity contribution is 0.624. The van der Waals surface area contributed by atoms with Crippen LogP contribution in [-0.2, 0) is 6.42 Å². The summed E-state index contributed by atoms with van der Waals surface area (Å²) in [5, 5.41) is 2.96. The Bertz CT molecular complexity index is 550. The van der Waals surface area contributed by atoms with Gasteiger partial charge in [-0.2, -0.15) is 0 Å². The predicted molar refractivity (Wildman–Crippen MR) is 74.1 cm³/mol. The molecule has 0 spiro atoms. The van der Waals surface area contributed by atoms with Crippen LogP contribution < -0.4 is 5.32 Å². The highest BCUT2D eigenvalue weighted by Gasteiger charge is 2.11. The third-order valence-electron chi connectivity index (χ3n) is 2.57. The van der Waals surface area contributed by atoms with E-state index in [1.165, 1.54) is 0 Å². The van der Waals surface area contributed by atoms with Gasteiger partial charge in [0.25, 0.3) is 0 Å². The lowest BCUT2D eigenvalue weighted by atomic mass is 10.1. The number of nitrogens with one attached hydrogen (secondary N) is 1. The summed E-state index contributed by atoms with van der Waals surface area (Å²) in [6.45, 7) is 1.97. The standard InChI is InChI=1S/C13H13BrFN3/c1-3-11-17-10(7-12(16-2)18-11)8-5-4-6-9(14)13(8)15/h4-7H,3H2,1-2H3,(H,16,17,18). The second kappa shape index (κ2) is 5.44. The molecular weight excluding hydrogens is 297 g/mol. The van der Waals surface area contributed by atoms with Gasteiger partial charge < -0.3 is 5.32 Å². The molecule has 1 heterocycles. The molecule has 0 amide bonds. The first-order chi connectivity index (χ1) is 8.65. The molecule has 0 fully saturated rings. The highest BCUT2D eigenvalue weighted by molar-refractivity contribution is 9.10.